The topological polar surface area (TPSA) is 110 Å². The second kappa shape index (κ2) is 6.14. The minimum absolute atomic E-state index is 0.162. The third-order valence-electron chi connectivity index (χ3n) is 2.63. The molecule has 104 valence electrons. The average molecular weight is 279 g/mol. The highest BCUT2D eigenvalue weighted by molar-refractivity contribution is 7.88. The highest BCUT2D eigenvalue weighted by Crippen LogP contribution is 2.21. The number of hydrogen-bond donors (Lipinski definition) is 2. The molecule has 0 radical (unpaired) electrons. The molecule has 2 N–H and O–H groups in total. The number of sulfonamides is 1. The first kappa shape index (κ1) is 14.9. The van der Waals surface area contributed by atoms with E-state index in [1.807, 2.05) is 4.72 Å². The van der Waals surface area contributed by atoms with Gasteiger partial charge in [0.05, 0.1) is 12.7 Å². The molecule has 1 rings (SSSR count). The van der Waals surface area contributed by atoms with Crippen LogP contribution in [0.3, 0.4) is 0 Å². The van der Waals surface area contributed by atoms with E-state index in [9.17, 15) is 18.0 Å². The Morgan fingerprint density at radius 3 is 2.39 bits per heavy atom. The second-order valence-corrected chi connectivity index (χ2v) is 6.16. The normalized spacial score (nSPS) is 18.5. The summed E-state index contributed by atoms with van der Waals surface area (Å²) < 4.78 is 28.8. The van der Waals surface area contributed by atoms with Gasteiger partial charge in [0.1, 0.15) is 12.1 Å². The largest absolute Gasteiger partial charge is 0.480 e. The molecule has 0 aromatic carbocycles. The zero-order valence-corrected chi connectivity index (χ0v) is 10.9. The van der Waals surface area contributed by atoms with Crippen molar-refractivity contribution in [2.24, 2.45) is 0 Å². The quantitative estimate of drug-likeness (QED) is 0.655. The van der Waals surface area contributed by atoms with Crippen molar-refractivity contribution in [3.05, 3.63) is 0 Å². The molecule has 18 heavy (non-hydrogen) atoms. The van der Waals surface area contributed by atoms with E-state index in [0.717, 1.165) is 31.9 Å². The van der Waals surface area contributed by atoms with Gasteiger partial charge in [0.25, 0.3) is 0 Å². The minimum Gasteiger partial charge on any atom is -0.480 e. The van der Waals surface area contributed by atoms with Gasteiger partial charge < -0.3 is 9.84 Å². The Hall–Kier alpha value is -1.15. The molecule has 1 aliphatic rings. The Morgan fingerprint density at radius 1 is 1.39 bits per heavy atom. The van der Waals surface area contributed by atoms with Gasteiger partial charge in [-0.25, -0.2) is 13.1 Å². The van der Waals surface area contributed by atoms with Crippen LogP contribution in [-0.2, 0) is 24.3 Å². The minimum atomic E-state index is -3.68. The van der Waals surface area contributed by atoms with Gasteiger partial charge in [-0.05, 0) is 25.7 Å². The molecule has 0 aromatic heterocycles. The molecule has 0 aromatic rings. The summed E-state index contributed by atoms with van der Waals surface area (Å²) >= 11 is 0. The molecule has 1 fully saturated rings. The lowest BCUT2D eigenvalue weighted by Crippen LogP contribution is -2.42. The Bertz CT molecular complexity index is 412. The number of carboxylic acid groups (broad SMARTS) is 1. The smallest absolute Gasteiger partial charge is 0.322 e. The van der Waals surface area contributed by atoms with Crippen LogP contribution in [0, 0.1) is 0 Å². The fourth-order valence-corrected chi connectivity index (χ4v) is 2.55. The summed E-state index contributed by atoms with van der Waals surface area (Å²) in [6, 6.07) is -1.48. The van der Waals surface area contributed by atoms with Gasteiger partial charge >= 0.3 is 11.9 Å². The molecule has 0 spiro atoms. The van der Waals surface area contributed by atoms with Crippen molar-refractivity contribution in [2.45, 2.75) is 44.2 Å². The van der Waals surface area contributed by atoms with E-state index >= 15 is 0 Å². The Labute approximate surface area is 106 Å². The average Bonchev–Trinajstić information content (AvgIpc) is 2.66. The van der Waals surface area contributed by atoms with Crippen LogP contribution < -0.4 is 4.72 Å². The van der Waals surface area contributed by atoms with E-state index in [1.165, 1.54) is 0 Å². The molecule has 1 saturated carbocycles. The van der Waals surface area contributed by atoms with Crippen LogP contribution in [0.1, 0.15) is 32.1 Å². The van der Waals surface area contributed by atoms with Crippen molar-refractivity contribution in [3.8, 4) is 0 Å². The van der Waals surface area contributed by atoms with E-state index in [2.05, 4.69) is 0 Å². The summed E-state index contributed by atoms with van der Waals surface area (Å²) in [5.41, 5.74) is 0. The van der Waals surface area contributed by atoms with E-state index in [4.69, 9.17) is 9.84 Å². The zero-order valence-electron chi connectivity index (χ0n) is 10.1. The summed E-state index contributed by atoms with van der Waals surface area (Å²) in [5.74, 6) is -2.09. The van der Waals surface area contributed by atoms with Crippen LogP contribution in [0.15, 0.2) is 0 Å². The predicted molar refractivity (Wildman–Crippen MR) is 62.4 cm³/mol. The van der Waals surface area contributed by atoms with Crippen LogP contribution in [-0.4, -0.2) is 43.9 Å². The molecular weight excluding hydrogens is 262 g/mol. The Kier molecular flexibility index (Phi) is 5.09. The Morgan fingerprint density at radius 2 is 1.94 bits per heavy atom. The first-order chi connectivity index (χ1) is 8.28. The number of nitrogens with one attached hydrogen (secondary N) is 1. The van der Waals surface area contributed by atoms with Crippen molar-refractivity contribution >= 4 is 22.0 Å². The molecule has 0 aliphatic heterocycles. The number of carboxylic acids is 1. The maximum Gasteiger partial charge on any atom is 0.322 e. The zero-order chi connectivity index (χ0) is 13.8. The fourth-order valence-electron chi connectivity index (χ4n) is 1.84. The SMILES string of the molecule is CS(=O)(=O)N[C@@H](CC(=O)OC1CCCC1)C(=O)O. The molecule has 1 aliphatic carbocycles. The summed E-state index contributed by atoms with van der Waals surface area (Å²) in [6.07, 6.45) is 3.71. The van der Waals surface area contributed by atoms with Crippen LogP contribution >= 0.6 is 0 Å². The van der Waals surface area contributed by atoms with Gasteiger partial charge in [0.15, 0.2) is 0 Å². The van der Waals surface area contributed by atoms with E-state index in [0.29, 0.717) is 0 Å². The molecule has 0 amide bonds. The van der Waals surface area contributed by atoms with Gasteiger partial charge in [-0.15, -0.1) is 0 Å². The van der Waals surface area contributed by atoms with Crippen LogP contribution in [0.4, 0.5) is 0 Å². The van der Waals surface area contributed by atoms with Crippen LogP contribution in [0.25, 0.3) is 0 Å². The van der Waals surface area contributed by atoms with Gasteiger partial charge in [0, 0.05) is 0 Å². The van der Waals surface area contributed by atoms with Crippen molar-refractivity contribution < 1.29 is 27.9 Å². The maximum absolute atomic E-state index is 11.5. The molecule has 0 bridgehead atoms. The van der Waals surface area contributed by atoms with Gasteiger partial charge in [-0.2, -0.15) is 0 Å². The highest BCUT2D eigenvalue weighted by atomic mass is 32.2. The lowest BCUT2D eigenvalue weighted by molar-refractivity contribution is -0.152. The summed E-state index contributed by atoms with van der Waals surface area (Å²) in [4.78, 5) is 22.3. The maximum atomic E-state index is 11.5. The van der Waals surface area contributed by atoms with Crippen LogP contribution in [0.5, 0.6) is 0 Å². The Balaban J connectivity index is 2.49. The molecule has 0 heterocycles. The third-order valence-corrected chi connectivity index (χ3v) is 3.34. The summed E-state index contributed by atoms with van der Waals surface area (Å²) in [7, 11) is -3.68. The lowest BCUT2D eigenvalue weighted by Gasteiger charge is -2.15. The van der Waals surface area contributed by atoms with Crippen molar-refractivity contribution in [1.82, 2.24) is 4.72 Å². The predicted octanol–water partition coefficient (Wildman–Crippen LogP) is -0.135. The van der Waals surface area contributed by atoms with Crippen molar-refractivity contribution in [1.29, 1.82) is 0 Å². The number of ether oxygens (including phenoxy) is 1. The van der Waals surface area contributed by atoms with Gasteiger partial charge in [-0.1, -0.05) is 0 Å². The monoisotopic (exact) mass is 279 g/mol. The number of aliphatic carboxylic acids is 1. The number of hydrogen-bond acceptors (Lipinski definition) is 5. The number of esters is 1. The first-order valence-corrected chi connectivity index (χ1v) is 7.56. The molecule has 7 nitrogen and oxygen atoms in total. The molecule has 0 saturated heterocycles. The molecule has 0 unspecified atom stereocenters. The fraction of sp³-hybridized carbons (Fsp3) is 0.800. The van der Waals surface area contributed by atoms with Gasteiger partial charge in [-0.3, -0.25) is 9.59 Å². The number of carbonyl (C=O) groups is 2. The summed E-state index contributed by atoms with van der Waals surface area (Å²) in [6.45, 7) is 0. The van der Waals surface area contributed by atoms with E-state index < -0.39 is 34.4 Å². The van der Waals surface area contributed by atoms with E-state index in [-0.39, 0.29) is 6.10 Å². The molecular formula is C10H17NO6S. The molecule has 8 heteroatoms. The van der Waals surface area contributed by atoms with Gasteiger partial charge in [0.2, 0.25) is 10.0 Å². The van der Waals surface area contributed by atoms with E-state index in [1.54, 1.807) is 0 Å². The van der Waals surface area contributed by atoms with Crippen molar-refractivity contribution in [3.63, 3.8) is 0 Å². The number of carbonyl (C=O) groups excluding carboxylic acids is 1. The highest BCUT2D eigenvalue weighted by Gasteiger charge is 2.27. The lowest BCUT2D eigenvalue weighted by atomic mass is 10.2. The first-order valence-electron chi connectivity index (χ1n) is 5.67. The molecule has 1 atom stereocenters. The standard InChI is InChI=1S/C10H17NO6S/c1-18(15,16)11-8(10(13)14)6-9(12)17-7-4-2-3-5-7/h7-8,11H,2-6H2,1H3,(H,13,14)/t8-/m0/s1. The number of rotatable bonds is 6. The van der Waals surface area contributed by atoms with Crippen molar-refractivity contribution in [2.75, 3.05) is 6.26 Å². The third kappa shape index (κ3) is 5.46. The second-order valence-electron chi connectivity index (χ2n) is 4.38. The van der Waals surface area contributed by atoms with Crippen LogP contribution in [0.2, 0.25) is 0 Å². The summed E-state index contributed by atoms with van der Waals surface area (Å²) in [5, 5.41) is 8.81.